The van der Waals surface area contributed by atoms with Crippen LogP contribution in [0.4, 0.5) is 0 Å². The number of nitrogens with one attached hydrogen (secondary N) is 1. The van der Waals surface area contributed by atoms with E-state index in [0.29, 0.717) is 12.0 Å². The number of benzene rings is 1. The summed E-state index contributed by atoms with van der Waals surface area (Å²) in [4.78, 5) is 0. The fourth-order valence-electron chi connectivity index (χ4n) is 2.54. The SMILES string of the molecule is CCCNC(Cc1cc(Cl)ccc1Cl)C1CCOC1. The summed E-state index contributed by atoms with van der Waals surface area (Å²) < 4.78 is 5.51. The Morgan fingerprint density at radius 2 is 2.26 bits per heavy atom. The van der Waals surface area contributed by atoms with Crippen molar-refractivity contribution in [3.63, 3.8) is 0 Å². The lowest BCUT2D eigenvalue weighted by molar-refractivity contribution is 0.176. The molecule has 1 fully saturated rings. The molecule has 0 saturated carbocycles. The lowest BCUT2D eigenvalue weighted by Gasteiger charge is -2.24. The van der Waals surface area contributed by atoms with Gasteiger partial charge in [0.2, 0.25) is 0 Å². The van der Waals surface area contributed by atoms with Gasteiger partial charge >= 0.3 is 0 Å². The summed E-state index contributed by atoms with van der Waals surface area (Å²) in [6, 6.07) is 6.10. The van der Waals surface area contributed by atoms with Gasteiger partial charge in [-0.15, -0.1) is 0 Å². The van der Waals surface area contributed by atoms with Crippen LogP contribution in [0.3, 0.4) is 0 Å². The minimum atomic E-state index is 0.415. The number of hydrogen-bond donors (Lipinski definition) is 1. The molecule has 0 radical (unpaired) electrons. The fourth-order valence-corrected chi connectivity index (χ4v) is 2.93. The summed E-state index contributed by atoms with van der Waals surface area (Å²) in [6.45, 7) is 4.93. The van der Waals surface area contributed by atoms with Gasteiger partial charge < -0.3 is 10.1 Å². The summed E-state index contributed by atoms with van der Waals surface area (Å²) in [5, 5.41) is 5.17. The van der Waals surface area contributed by atoms with Gasteiger partial charge in [0.25, 0.3) is 0 Å². The third-order valence-corrected chi connectivity index (χ3v) is 4.24. The van der Waals surface area contributed by atoms with Crippen LogP contribution in [0.25, 0.3) is 0 Å². The maximum atomic E-state index is 6.26. The lowest BCUT2D eigenvalue weighted by Crippen LogP contribution is -2.39. The van der Waals surface area contributed by atoms with E-state index in [0.717, 1.165) is 54.6 Å². The van der Waals surface area contributed by atoms with Crippen LogP contribution in [-0.2, 0) is 11.2 Å². The summed E-state index contributed by atoms with van der Waals surface area (Å²) in [5.41, 5.74) is 1.12. The Hall–Kier alpha value is -0.280. The number of rotatable bonds is 6. The van der Waals surface area contributed by atoms with Crippen LogP contribution in [-0.4, -0.2) is 25.8 Å². The fraction of sp³-hybridized carbons (Fsp3) is 0.600. The Labute approximate surface area is 125 Å². The number of hydrogen-bond acceptors (Lipinski definition) is 2. The standard InChI is InChI=1S/C15H21Cl2NO/c1-2-6-18-15(11-5-7-19-10-11)9-12-8-13(16)3-4-14(12)17/h3-4,8,11,15,18H,2,5-7,9-10H2,1H3. The van der Waals surface area contributed by atoms with E-state index >= 15 is 0 Å². The number of ether oxygens (including phenoxy) is 1. The van der Waals surface area contributed by atoms with Gasteiger partial charge in [-0.3, -0.25) is 0 Å². The average Bonchev–Trinajstić information content (AvgIpc) is 2.92. The molecule has 0 bridgehead atoms. The molecule has 1 saturated heterocycles. The maximum absolute atomic E-state index is 6.26. The minimum Gasteiger partial charge on any atom is -0.381 e. The first-order chi connectivity index (χ1) is 9.20. The topological polar surface area (TPSA) is 21.3 Å². The molecule has 1 heterocycles. The van der Waals surface area contributed by atoms with E-state index in [1.54, 1.807) is 0 Å². The largest absolute Gasteiger partial charge is 0.381 e. The monoisotopic (exact) mass is 301 g/mol. The predicted octanol–water partition coefficient (Wildman–Crippen LogP) is 3.94. The maximum Gasteiger partial charge on any atom is 0.0510 e. The first-order valence-corrected chi connectivity index (χ1v) is 7.71. The van der Waals surface area contributed by atoms with E-state index < -0.39 is 0 Å². The van der Waals surface area contributed by atoms with Crippen molar-refractivity contribution in [2.75, 3.05) is 19.8 Å². The van der Waals surface area contributed by atoms with Gasteiger partial charge in [0.1, 0.15) is 0 Å². The Bertz CT molecular complexity index is 405. The molecule has 1 aromatic carbocycles. The number of halogens is 2. The van der Waals surface area contributed by atoms with E-state index in [1.807, 2.05) is 18.2 Å². The highest BCUT2D eigenvalue weighted by Gasteiger charge is 2.26. The van der Waals surface area contributed by atoms with E-state index in [1.165, 1.54) is 0 Å². The summed E-state index contributed by atoms with van der Waals surface area (Å²) in [6.07, 6.45) is 3.17. The van der Waals surface area contributed by atoms with Crippen LogP contribution < -0.4 is 5.32 Å². The summed E-state index contributed by atoms with van der Waals surface area (Å²) in [7, 11) is 0. The second kappa shape index (κ2) is 7.49. The molecular formula is C15H21Cl2NO. The zero-order chi connectivity index (χ0) is 13.7. The first kappa shape index (κ1) is 15.1. The second-order valence-corrected chi connectivity index (χ2v) is 5.97. The van der Waals surface area contributed by atoms with Crippen molar-refractivity contribution in [2.24, 2.45) is 5.92 Å². The van der Waals surface area contributed by atoms with Gasteiger partial charge in [0, 0.05) is 28.6 Å². The molecule has 2 nitrogen and oxygen atoms in total. The molecule has 19 heavy (non-hydrogen) atoms. The van der Waals surface area contributed by atoms with Crippen molar-refractivity contribution in [1.29, 1.82) is 0 Å². The van der Waals surface area contributed by atoms with Crippen molar-refractivity contribution in [2.45, 2.75) is 32.2 Å². The van der Waals surface area contributed by atoms with E-state index in [4.69, 9.17) is 27.9 Å². The average molecular weight is 302 g/mol. The smallest absolute Gasteiger partial charge is 0.0510 e. The van der Waals surface area contributed by atoms with E-state index in [2.05, 4.69) is 12.2 Å². The molecule has 2 rings (SSSR count). The van der Waals surface area contributed by atoms with Crippen molar-refractivity contribution >= 4 is 23.2 Å². The van der Waals surface area contributed by atoms with Crippen LogP contribution >= 0.6 is 23.2 Å². The van der Waals surface area contributed by atoms with Gasteiger partial charge in [0.15, 0.2) is 0 Å². The molecule has 0 spiro atoms. The quantitative estimate of drug-likeness (QED) is 0.859. The van der Waals surface area contributed by atoms with Crippen LogP contribution in [0.15, 0.2) is 18.2 Å². The van der Waals surface area contributed by atoms with E-state index in [9.17, 15) is 0 Å². The molecule has 1 aliphatic rings. The van der Waals surface area contributed by atoms with Crippen LogP contribution in [0, 0.1) is 5.92 Å². The highest BCUT2D eigenvalue weighted by Crippen LogP contribution is 2.26. The molecule has 1 N–H and O–H groups in total. The second-order valence-electron chi connectivity index (χ2n) is 5.12. The third kappa shape index (κ3) is 4.35. The zero-order valence-electron chi connectivity index (χ0n) is 11.3. The molecule has 1 aliphatic heterocycles. The predicted molar refractivity (Wildman–Crippen MR) is 81.2 cm³/mol. The lowest BCUT2D eigenvalue weighted by atomic mass is 9.92. The molecule has 0 amide bonds. The van der Waals surface area contributed by atoms with Crippen molar-refractivity contribution in [3.05, 3.63) is 33.8 Å². The molecule has 106 valence electrons. The Balaban J connectivity index is 2.07. The molecule has 0 aliphatic carbocycles. The first-order valence-electron chi connectivity index (χ1n) is 6.95. The minimum absolute atomic E-state index is 0.415. The van der Waals surface area contributed by atoms with Gasteiger partial charge in [0.05, 0.1) is 6.61 Å². The normalized spacial score (nSPS) is 20.7. The molecule has 1 aromatic rings. The van der Waals surface area contributed by atoms with Crippen molar-refractivity contribution in [1.82, 2.24) is 5.32 Å². The third-order valence-electron chi connectivity index (χ3n) is 3.64. The van der Waals surface area contributed by atoms with Crippen LogP contribution in [0.1, 0.15) is 25.3 Å². The van der Waals surface area contributed by atoms with Crippen molar-refractivity contribution in [3.8, 4) is 0 Å². The molecule has 0 aromatic heterocycles. The highest BCUT2D eigenvalue weighted by atomic mass is 35.5. The Morgan fingerprint density at radius 3 is 2.95 bits per heavy atom. The van der Waals surface area contributed by atoms with Crippen molar-refractivity contribution < 1.29 is 4.74 Å². The van der Waals surface area contributed by atoms with Gasteiger partial charge in [-0.2, -0.15) is 0 Å². The van der Waals surface area contributed by atoms with Gasteiger partial charge in [-0.25, -0.2) is 0 Å². The highest BCUT2D eigenvalue weighted by molar-refractivity contribution is 6.33. The van der Waals surface area contributed by atoms with Gasteiger partial charge in [-0.05, 0) is 49.6 Å². The molecular weight excluding hydrogens is 281 g/mol. The Kier molecular flexibility index (Phi) is 5.96. The van der Waals surface area contributed by atoms with Crippen LogP contribution in [0.2, 0.25) is 10.0 Å². The molecule has 2 unspecified atom stereocenters. The van der Waals surface area contributed by atoms with E-state index in [-0.39, 0.29) is 0 Å². The Morgan fingerprint density at radius 1 is 1.42 bits per heavy atom. The summed E-state index contributed by atoms with van der Waals surface area (Å²) >= 11 is 12.3. The molecule has 2 atom stereocenters. The van der Waals surface area contributed by atoms with Gasteiger partial charge in [-0.1, -0.05) is 30.1 Å². The summed E-state index contributed by atoms with van der Waals surface area (Å²) in [5.74, 6) is 0.571. The zero-order valence-corrected chi connectivity index (χ0v) is 12.8. The molecule has 4 heteroatoms. The van der Waals surface area contributed by atoms with Crippen LogP contribution in [0.5, 0.6) is 0 Å².